The number of rotatable bonds is 5. The maximum Gasteiger partial charge on any atom is 0.407 e. The van der Waals surface area contributed by atoms with Crippen molar-refractivity contribution >= 4 is 6.09 Å². The summed E-state index contributed by atoms with van der Waals surface area (Å²) in [6.45, 7) is 0.858. The van der Waals surface area contributed by atoms with Gasteiger partial charge in [0.2, 0.25) is 0 Å². The van der Waals surface area contributed by atoms with Gasteiger partial charge in [-0.05, 0) is 5.56 Å². The minimum Gasteiger partial charge on any atom is -0.465 e. The third-order valence-corrected chi connectivity index (χ3v) is 2.69. The molecule has 0 radical (unpaired) electrons. The first-order valence-corrected chi connectivity index (χ1v) is 5.75. The molecule has 0 saturated heterocycles. The van der Waals surface area contributed by atoms with Crippen LogP contribution >= 0.6 is 0 Å². The number of aromatic nitrogens is 2. The van der Waals surface area contributed by atoms with Crippen LogP contribution in [-0.4, -0.2) is 32.6 Å². The highest BCUT2D eigenvalue weighted by Crippen LogP contribution is 2.06. The quantitative estimate of drug-likeness (QED) is 0.847. The van der Waals surface area contributed by atoms with Gasteiger partial charge in [0.1, 0.15) is 0 Å². The van der Waals surface area contributed by atoms with Gasteiger partial charge in [0.15, 0.2) is 0 Å². The average molecular weight is 245 g/mol. The number of aromatic amines is 1. The highest BCUT2D eigenvalue weighted by atomic mass is 16.4. The van der Waals surface area contributed by atoms with Gasteiger partial charge in [0, 0.05) is 31.4 Å². The van der Waals surface area contributed by atoms with Gasteiger partial charge >= 0.3 is 6.09 Å². The van der Waals surface area contributed by atoms with E-state index in [9.17, 15) is 4.79 Å². The fourth-order valence-corrected chi connectivity index (χ4v) is 1.72. The second kappa shape index (κ2) is 5.86. The lowest BCUT2D eigenvalue weighted by Gasteiger charge is -2.18. The first-order valence-electron chi connectivity index (χ1n) is 5.75. The van der Waals surface area contributed by atoms with Gasteiger partial charge < -0.3 is 15.0 Å². The lowest BCUT2D eigenvalue weighted by molar-refractivity contribution is 0.143. The van der Waals surface area contributed by atoms with Crippen molar-refractivity contribution in [1.82, 2.24) is 14.9 Å². The normalized spacial score (nSPS) is 10.2. The Morgan fingerprint density at radius 3 is 2.72 bits per heavy atom. The molecule has 2 N–H and O–H groups in total. The van der Waals surface area contributed by atoms with Crippen molar-refractivity contribution < 1.29 is 9.90 Å². The smallest absolute Gasteiger partial charge is 0.407 e. The summed E-state index contributed by atoms with van der Waals surface area (Å²) in [6, 6.07) is 9.58. The second-order valence-electron chi connectivity index (χ2n) is 4.02. The Hall–Kier alpha value is -2.30. The lowest BCUT2D eigenvalue weighted by atomic mass is 10.2. The van der Waals surface area contributed by atoms with Gasteiger partial charge in [-0.15, -0.1) is 0 Å². The minimum atomic E-state index is -0.904. The van der Waals surface area contributed by atoms with Gasteiger partial charge in [-0.3, -0.25) is 0 Å². The zero-order valence-electron chi connectivity index (χ0n) is 9.91. The van der Waals surface area contributed by atoms with Crippen LogP contribution in [0.3, 0.4) is 0 Å². The molecule has 18 heavy (non-hydrogen) atoms. The predicted molar refractivity (Wildman–Crippen MR) is 67.2 cm³/mol. The van der Waals surface area contributed by atoms with Crippen LogP contribution in [0.15, 0.2) is 42.9 Å². The van der Waals surface area contributed by atoms with Crippen molar-refractivity contribution in [2.75, 3.05) is 6.54 Å². The van der Waals surface area contributed by atoms with Gasteiger partial charge in [-0.2, -0.15) is 0 Å². The molecule has 0 aliphatic heterocycles. The van der Waals surface area contributed by atoms with Crippen molar-refractivity contribution in [1.29, 1.82) is 0 Å². The monoisotopic (exact) mass is 245 g/mol. The summed E-state index contributed by atoms with van der Waals surface area (Å²) >= 11 is 0. The van der Waals surface area contributed by atoms with E-state index in [4.69, 9.17) is 5.11 Å². The van der Waals surface area contributed by atoms with E-state index >= 15 is 0 Å². The van der Waals surface area contributed by atoms with E-state index in [2.05, 4.69) is 9.97 Å². The maximum absolute atomic E-state index is 11.2. The summed E-state index contributed by atoms with van der Waals surface area (Å²) in [7, 11) is 0. The standard InChI is InChI=1S/C13H15N3O2/c17-13(18)16(7-6-12-8-14-10-15-12)9-11-4-2-1-3-5-11/h1-5,8,10H,6-7,9H2,(H,14,15)(H,17,18). The van der Waals surface area contributed by atoms with Crippen molar-refractivity contribution in [3.05, 3.63) is 54.1 Å². The molecule has 2 aromatic rings. The fourth-order valence-electron chi connectivity index (χ4n) is 1.72. The number of nitrogens with one attached hydrogen (secondary N) is 1. The van der Waals surface area contributed by atoms with Crippen LogP contribution in [0.4, 0.5) is 4.79 Å². The van der Waals surface area contributed by atoms with E-state index in [1.807, 2.05) is 30.3 Å². The molecule has 2 rings (SSSR count). The summed E-state index contributed by atoms with van der Waals surface area (Å²) in [5, 5.41) is 9.16. The van der Waals surface area contributed by atoms with Crippen LogP contribution in [0.1, 0.15) is 11.3 Å². The molecular weight excluding hydrogens is 230 g/mol. The SMILES string of the molecule is O=C(O)N(CCc1cnc[nH]1)Cc1ccccc1. The fraction of sp³-hybridized carbons (Fsp3) is 0.231. The molecule has 1 aromatic heterocycles. The lowest BCUT2D eigenvalue weighted by Crippen LogP contribution is -2.31. The van der Waals surface area contributed by atoms with Crippen LogP contribution < -0.4 is 0 Å². The molecule has 0 atom stereocenters. The maximum atomic E-state index is 11.2. The Labute approximate surface area is 105 Å². The van der Waals surface area contributed by atoms with Gasteiger partial charge in [0.05, 0.1) is 6.33 Å². The number of H-pyrrole nitrogens is 1. The minimum absolute atomic E-state index is 0.407. The van der Waals surface area contributed by atoms with Crippen LogP contribution in [-0.2, 0) is 13.0 Å². The van der Waals surface area contributed by atoms with Gasteiger partial charge in [-0.1, -0.05) is 30.3 Å². The van der Waals surface area contributed by atoms with E-state index in [0.717, 1.165) is 11.3 Å². The molecule has 5 heteroatoms. The zero-order valence-corrected chi connectivity index (χ0v) is 9.91. The molecule has 1 amide bonds. The van der Waals surface area contributed by atoms with E-state index < -0.39 is 6.09 Å². The van der Waals surface area contributed by atoms with E-state index in [0.29, 0.717) is 19.5 Å². The molecule has 0 aliphatic carbocycles. The number of carbonyl (C=O) groups is 1. The predicted octanol–water partition coefficient (Wildman–Crippen LogP) is 2.13. The van der Waals surface area contributed by atoms with Crippen molar-refractivity contribution in [3.63, 3.8) is 0 Å². The largest absolute Gasteiger partial charge is 0.465 e. The van der Waals surface area contributed by atoms with Crippen LogP contribution in [0.25, 0.3) is 0 Å². The number of imidazole rings is 1. The summed E-state index contributed by atoms with van der Waals surface area (Å²) < 4.78 is 0. The third-order valence-electron chi connectivity index (χ3n) is 2.69. The van der Waals surface area contributed by atoms with Gasteiger partial charge in [0.25, 0.3) is 0 Å². The molecular formula is C13H15N3O2. The number of nitrogens with zero attached hydrogens (tertiary/aromatic N) is 2. The van der Waals surface area contributed by atoms with Crippen molar-refractivity contribution in [3.8, 4) is 0 Å². The Morgan fingerprint density at radius 2 is 2.11 bits per heavy atom. The van der Waals surface area contributed by atoms with Crippen molar-refractivity contribution in [2.24, 2.45) is 0 Å². The molecule has 1 aromatic carbocycles. The van der Waals surface area contributed by atoms with Crippen molar-refractivity contribution in [2.45, 2.75) is 13.0 Å². The Balaban J connectivity index is 1.94. The molecule has 0 saturated carbocycles. The van der Waals surface area contributed by atoms with Crippen LogP contribution in [0, 0.1) is 0 Å². The third kappa shape index (κ3) is 3.35. The highest BCUT2D eigenvalue weighted by molar-refractivity contribution is 5.65. The second-order valence-corrected chi connectivity index (χ2v) is 4.02. The first-order chi connectivity index (χ1) is 8.75. The Morgan fingerprint density at radius 1 is 1.33 bits per heavy atom. The molecule has 5 nitrogen and oxygen atoms in total. The number of hydrogen-bond acceptors (Lipinski definition) is 2. The summed E-state index contributed by atoms with van der Waals surface area (Å²) in [5.41, 5.74) is 1.93. The summed E-state index contributed by atoms with van der Waals surface area (Å²) in [4.78, 5) is 19.4. The van der Waals surface area contributed by atoms with E-state index in [1.54, 1.807) is 12.5 Å². The summed E-state index contributed by atoms with van der Waals surface area (Å²) in [6.07, 6.45) is 3.04. The van der Waals surface area contributed by atoms with Crippen LogP contribution in [0.5, 0.6) is 0 Å². The zero-order chi connectivity index (χ0) is 12.8. The molecule has 0 aliphatic rings. The molecule has 1 heterocycles. The molecule has 0 unspecified atom stereocenters. The summed E-state index contributed by atoms with van der Waals surface area (Å²) in [5.74, 6) is 0. The molecule has 0 bridgehead atoms. The molecule has 0 spiro atoms. The number of amides is 1. The van der Waals surface area contributed by atoms with Gasteiger partial charge in [-0.25, -0.2) is 9.78 Å². The molecule has 0 fully saturated rings. The van der Waals surface area contributed by atoms with E-state index in [-0.39, 0.29) is 0 Å². The Kier molecular flexibility index (Phi) is 3.96. The number of benzene rings is 1. The highest BCUT2D eigenvalue weighted by Gasteiger charge is 2.12. The van der Waals surface area contributed by atoms with E-state index in [1.165, 1.54) is 4.90 Å². The average Bonchev–Trinajstić information content (AvgIpc) is 2.88. The number of hydrogen-bond donors (Lipinski definition) is 2. The molecule has 94 valence electrons. The topological polar surface area (TPSA) is 69.2 Å². The van der Waals surface area contributed by atoms with Crippen LogP contribution in [0.2, 0.25) is 0 Å². The first kappa shape index (κ1) is 12.2. The Bertz CT molecular complexity index is 482. The number of carboxylic acid groups (broad SMARTS) is 1.